The molecule has 0 spiro atoms. The summed E-state index contributed by atoms with van der Waals surface area (Å²) in [7, 11) is 0. The quantitative estimate of drug-likeness (QED) is 0.686. The number of ether oxygens (including phenoxy) is 1. The summed E-state index contributed by atoms with van der Waals surface area (Å²) >= 11 is 0. The second-order valence-corrected chi connectivity index (χ2v) is 10.1. The first-order chi connectivity index (χ1) is 16.5. The van der Waals surface area contributed by atoms with Gasteiger partial charge in [0, 0.05) is 24.9 Å². The van der Waals surface area contributed by atoms with Gasteiger partial charge in [0.25, 0.3) is 0 Å². The van der Waals surface area contributed by atoms with Crippen LogP contribution in [-0.4, -0.2) is 53.2 Å². The zero-order chi connectivity index (χ0) is 23.4. The Bertz CT molecular complexity index is 1130. The molecule has 1 heterocycles. The van der Waals surface area contributed by atoms with Gasteiger partial charge in [0.05, 0.1) is 0 Å². The van der Waals surface area contributed by atoms with Crippen molar-refractivity contribution < 1.29 is 24.2 Å². The Balaban J connectivity index is 1.02. The first-order valence-corrected chi connectivity index (χ1v) is 12.1. The third kappa shape index (κ3) is 3.29. The van der Waals surface area contributed by atoms with E-state index in [4.69, 9.17) is 4.74 Å². The van der Waals surface area contributed by atoms with Crippen LogP contribution in [0.1, 0.15) is 42.7 Å². The Kier molecular flexibility index (Phi) is 4.90. The molecule has 2 amide bonds. The lowest BCUT2D eigenvalue weighted by atomic mass is 9.98. The molecule has 0 aromatic heterocycles. The minimum atomic E-state index is -0.970. The number of nitrogens with zero attached hydrogens (tertiary/aromatic N) is 1. The summed E-state index contributed by atoms with van der Waals surface area (Å²) < 4.78 is 5.58. The number of alkyl carbamates (subject to hydrolysis) is 1. The second kappa shape index (κ2) is 7.86. The van der Waals surface area contributed by atoms with Crippen LogP contribution in [0.15, 0.2) is 48.5 Å². The van der Waals surface area contributed by atoms with Crippen molar-refractivity contribution in [3.8, 4) is 11.1 Å². The summed E-state index contributed by atoms with van der Waals surface area (Å²) in [4.78, 5) is 38.9. The number of piperidine rings is 1. The van der Waals surface area contributed by atoms with Crippen molar-refractivity contribution in [2.45, 2.75) is 37.1 Å². The van der Waals surface area contributed by atoms with Crippen molar-refractivity contribution in [3.05, 3.63) is 59.7 Å². The molecular weight excluding hydrogens is 432 g/mol. The molecule has 1 aliphatic heterocycles. The van der Waals surface area contributed by atoms with Crippen LogP contribution in [0.4, 0.5) is 4.79 Å². The average Bonchev–Trinajstić information content (AvgIpc) is 3.76. The molecule has 2 aromatic rings. The fourth-order valence-corrected chi connectivity index (χ4v) is 6.21. The van der Waals surface area contributed by atoms with Crippen molar-refractivity contribution in [3.63, 3.8) is 0 Å². The predicted molar refractivity (Wildman–Crippen MR) is 124 cm³/mol. The summed E-state index contributed by atoms with van der Waals surface area (Å²) in [6, 6.07) is 16.4. The summed E-state index contributed by atoms with van der Waals surface area (Å²) in [6.07, 6.45) is 2.51. The molecule has 4 aliphatic rings. The lowest BCUT2D eigenvalue weighted by Gasteiger charge is -2.34. The molecule has 3 fully saturated rings. The van der Waals surface area contributed by atoms with Crippen LogP contribution in [0.2, 0.25) is 0 Å². The predicted octanol–water partition coefficient (Wildman–Crippen LogP) is 3.63. The van der Waals surface area contributed by atoms with Crippen molar-refractivity contribution in [2.75, 3.05) is 19.7 Å². The van der Waals surface area contributed by atoms with Gasteiger partial charge in [-0.15, -0.1) is 0 Å². The smallest absolute Gasteiger partial charge is 0.407 e. The zero-order valence-corrected chi connectivity index (χ0v) is 18.9. The summed E-state index contributed by atoms with van der Waals surface area (Å²) in [6.45, 7) is 1.14. The van der Waals surface area contributed by atoms with Crippen molar-refractivity contribution in [2.24, 2.45) is 17.8 Å². The number of nitrogens with one attached hydrogen (secondary N) is 1. The van der Waals surface area contributed by atoms with Gasteiger partial charge in [-0.2, -0.15) is 0 Å². The van der Waals surface area contributed by atoms with E-state index in [1.807, 2.05) is 24.3 Å². The first-order valence-electron chi connectivity index (χ1n) is 12.1. The maximum atomic E-state index is 13.0. The molecule has 0 radical (unpaired) electrons. The highest BCUT2D eigenvalue weighted by atomic mass is 16.5. The van der Waals surface area contributed by atoms with E-state index in [0.29, 0.717) is 25.9 Å². The molecule has 0 unspecified atom stereocenters. The number of amides is 2. The van der Waals surface area contributed by atoms with Gasteiger partial charge < -0.3 is 20.1 Å². The lowest BCUT2D eigenvalue weighted by molar-refractivity contribution is -0.155. The van der Waals surface area contributed by atoms with Crippen LogP contribution in [0.3, 0.4) is 0 Å². The maximum absolute atomic E-state index is 13.0. The van der Waals surface area contributed by atoms with E-state index < -0.39 is 17.6 Å². The topological polar surface area (TPSA) is 95.9 Å². The molecule has 2 saturated carbocycles. The van der Waals surface area contributed by atoms with Crippen molar-refractivity contribution >= 4 is 18.0 Å². The number of hydrogen-bond acceptors (Lipinski definition) is 4. The molecule has 1 saturated heterocycles. The maximum Gasteiger partial charge on any atom is 0.407 e. The largest absolute Gasteiger partial charge is 0.479 e. The van der Waals surface area contributed by atoms with Gasteiger partial charge in [-0.25, -0.2) is 9.59 Å². The number of carboxylic acid groups (broad SMARTS) is 1. The molecule has 7 nitrogen and oxygen atoms in total. The van der Waals surface area contributed by atoms with E-state index in [1.54, 1.807) is 4.90 Å². The number of carbonyl (C=O) groups excluding carboxylic acids is 2. The molecule has 2 N–H and O–H groups in total. The molecular formula is C27H28N2O5. The normalized spacial score (nSPS) is 28.4. The van der Waals surface area contributed by atoms with Gasteiger partial charge in [0.1, 0.15) is 12.1 Å². The molecule has 3 aliphatic carbocycles. The molecule has 7 heteroatoms. The molecule has 176 valence electrons. The van der Waals surface area contributed by atoms with E-state index in [9.17, 15) is 19.5 Å². The number of rotatable bonds is 6. The molecule has 34 heavy (non-hydrogen) atoms. The second-order valence-electron chi connectivity index (χ2n) is 10.1. The van der Waals surface area contributed by atoms with Gasteiger partial charge in [-0.05, 0) is 59.8 Å². The SMILES string of the molecule is O=C(NC[C@H]1C[C@H]1C(=O)N1CCC[C@@H]2C[C@@]21C(=O)O)OCC1c2ccccc2-c2ccccc21. The number of benzene rings is 2. The molecule has 4 atom stereocenters. The lowest BCUT2D eigenvalue weighted by Crippen LogP contribution is -2.52. The van der Waals surface area contributed by atoms with E-state index in [2.05, 4.69) is 29.6 Å². The van der Waals surface area contributed by atoms with Crippen LogP contribution >= 0.6 is 0 Å². The Labute approximate surface area is 198 Å². The van der Waals surface area contributed by atoms with E-state index in [-0.39, 0.29) is 36.2 Å². The highest BCUT2D eigenvalue weighted by Gasteiger charge is 2.68. The number of hydrogen-bond donors (Lipinski definition) is 2. The fraction of sp³-hybridized carbons (Fsp3) is 0.444. The third-order valence-electron chi connectivity index (χ3n) is 8.22. The Morgan fingerprint density at radius 3 is 2.41 bits per heavy atom. The molecule has 2 aromatic carbocycles. The highest BCUT2D eigenvalue weighted by molar-refractivity contribution is 5.92. The molecule has 0 bridgehead atoms. The number of likely N-dealkylation sites (tertiary alicyclic amines) is 1. The van der Waals surface area contributed by atoms with Gasteiger partial charge in [0.15, 0.2) is 0 Å². The van der Waals surface area contributed by atoms with Crippen LogP contribution in [-0.2, 0) is 14.3 Å². The number of aliphatic carboxylic acids is 1. The highest BCUT2D eigenvalue weighted by Crippen LogP contribution is 2.56. The van der Waals surface area contributed by atoms with Crippen LogP contribution < -0.4 is 5.32 Å². The zero-order valence-electron chi connectivity index (χ0n) is 18.9. The molecule has 6 rings (SSSR count). The Morgan fingerprint density at radius 1 is 1.06 bits per heavy atom. The first kappa shape index (κ1) is 21.2. The van der Waals surface area contributed by atoms with Gasteiger partial charge in [-0.1, -0.05) is 48.5 Å². The van der Waals surface area contributed by atoms with Gasteiger partial charge in [0.2, 0.25) is 5.91 Å². The minimum absolute atomic E-state index is 0.00574. The summed E-state index contributed by atoms with van der Waals surface area (Å²) in [5.41, 5.74) is 3.72. The van der Waals surface area contributed by atoms with E-state index in [1.165, 1.54) is 11.1 Å². The Hall–Kier alpha value is -3.35. The van der Waals surface area contributed by atoms with Gasteiger partial charge >= 0.3 is 12.1 Å². The van der Waals surface area contributed by atoms with Crippen LogP contribution in [0.25, 0.3) is 11.1 Å². The fourth-order valence-electron chi connectivity index (χ4n) is 6.21. The van der Waals surface area contributed by atoms with Gasteiger partial charge in [-0.3, -0.25) is 4.79 Å². The Morgan fingerprint density at radius 2 is 1.74 bits per heavy atom. The minimum Gasteiger partial charge on any atom is -0.479 e. The average molecular weight is 461 g/mol. The van der Waals surface area contributed by atoms with E-state index in [0.717, 1.165) is 24.0 Å². The standard InChI is InChI=1S/C27H28N2O5/c30-24(29-11-5-6-17-13-27(17,29)25(31)32)22-12-16(22)14-28-26(33)34-15-23-20-9-3-1-7-18(20)19-8-2-4-10-21(19)23/h1-4,7-10,16-17,22-23H,5-6,11-15H2,(H,28,33)(H,31,32)/t16-,17-,22-,27+/m1/s1. The summed E-state index contributed by atoms with van der Waals surface area (Å²) in [5, 5.41) is 12.5. The number of carbonyl (C=O) groups is 3. The number of fused-ring (bicyclic) bond motifs is 4. The van der Waals surface area contributed by atoms with Crippen molar-refractivity contribution in [1.29, 1.82) is 0 Å². The van der Waals surface area contributed by atoms with Crippen LogP contribution in [0.5, 0.6) is 0 Å². The number of carboxylic acids is 1. The summed E-state index contributed by atoms with van der Waals surface area (Å²) in [5.74, 6) is -1.00. The van der Waals surface area contributed by atoms with E-state index >= 15 is 0 Å². The van der Waals surface area contributed by atoms with Crippen molar-refractivity contribution in [1.82, 2.24) is 10.2 Å². The van der Waals surface area contributed by atoms with Crippen LogP contribution in [0, 0.1) is 17.8 Å². The third-order valence-corrected chi connectivity index (χ3v) is 8.22. The monoisotopic (exact) mass is 460 g/mol.